The molecule has 1 aliphatic rings. The molecule has 0 bridgehead atoms. The number of hydrogen-bond acceptors (Lipinski definition) is 5. The molecular weight excluding hydrogens is 353 g/mol. The Balaban J connectivity index is 1.53. The van der Waals surface area contributed by atoms with Crippen molar-refractivity contribution in [3.8, 4) is 5.75 Å². The van der Waals surface area contributed by atoms with Crippen molar-refractivity contribution in [2.24, 2.45) is 0 Å². The van der Waals surface area contributed by atoms with Gasteiger partial charge in [-0.1, -0.05) is 11.3 Å². The van der Waals surface area contributed by atoms with Crippen LogP contribution in [-0.2, 0) is 0 Å². The number of rotatable bonds is 4. The Morgan fingerprint density at radius 2 is 2.04 bits per heavy atom. The van der Waals surface area contributed by atoms with Gasteiger partial charge in [0.05, 0.1) is 23.0 Å². The molecule has 26 heavy (non-hydrogen) atoms. The number of nitrogens with one attached hydrogen (secondary N) is 1. The van der Waals surface area contributed by atoms with Crippen LogP contribution in [0.5, 0.6) is 5.75 Å². The lowest BCUT2D eigenvalue weighted by Gasteiger charge is -2.18. The number of amides is 1. The SMILES string of the molecule is COc1ccc2nc(NC(=O)c3ccc(N4CCCC4)c(F)c3)sc2c1. The van der Waals surface area contributed by atoms with Gasteiger partial charge in [0.2, 0.25) is 0 Å². The minimum Gasteiger partial charge on any atom is -0.497 e. The lowest BCUT2D eigenvalue weighted by Crippen LogP contribution is -2.19. The smallest absolute Gasteiger partial charge is 0.257 e. The highest BCUT2D eigenvalue weighted by Crippen LogP contribution is 2.30. The molecule has 1 aliphatic heterocycles. The van der Waals surface area contributed by atoms with Crippen LogP contribution >= 0.6 is 11.3 Å². The Hall–Kier alpha value is -2.67. The van der Waals surface area contributed by atoms with Crippen LogP contribution < -0.4 is 15.0 Å². The molecule has 0 spiro atoms. The molecule has 0 unspecified atom stereocenters. The molecule has 1 amide bonds. The van der Waals surface area contributed by atoms with Crippen LogP contribution in [0.3, 0.4) is 0 Å². The fourth-order valence-corrected chi connectivity index (χ4v) is 4.01. The van der Waals surface area contributed by atoms with Gasteiger partial charge >= 0.3 is 0 Å². The standard InChI is InChI=1S/C19H18FN3O2S/c1-25-13-5-6-15-17(11-13)26-19(21-15)22-18(24)12-4-7-16(14(20)10-12)23-8-2-3-9-23/h4-7,10-11H,2-3,8-9H2,1H3,(H,21,22,24). The molecule has 1 N–H and O–H groups in total. The predicted octanol–water partition coefficient (Wildman–Crippen LogP) is 4.30. The molecule has 0 aliphatic carbocycles. The molecule has 0 saturated carbocycles. The summed E-state index contributed by atoms with van der Waals surface area (Å²) in [7, 11) is 1.60. The Morgan fingerprint density at radius 1 is 1.23 bits per heavy atom. The van der Waals surface area contributed by atoms with Crippen molar-refractivity contribution in [3.63, 3.8) is 0 Å². The predicted molar refractivity (Wildman–Crippen MR) is 102 cm³/mol. The summed E-state index contributed by atoms with van der Waals surface area (Å²) in [5.74, 6) is -0.00456. The highest BCUT2D eigenvalue weighted by atomic mass is 32.1. The molecule has 7 heteroatoms. The van der Waals surface area contributed by atoms with E-state index >= 15 is 0 Å². The van der Waals surface area contributed by atoms with Crippen molar-refractivity contribution in [2.75, 3.05) is 30.4 Å². The van der Waals surface area contributed by atoms with Gasteiger partial charge in [-0.25, -0.2) is 9.37 Å². The Bertz CT molecular complexity index is 967. The van der Waals surface area contributed by atoms with Gasteiger partial charge in [-0.2, -0.15) is 0 Å². The number of benzene rings is 2. The van der Waals surface area contributed by atoms with Crippen LogP contribution in [-0.4, -0.2) is 31.1 Å². The average Bonchev–Trinajstić information content (AvgIpc) is 3.30. The van der Waals surface area contributed by atoms with Crippen LogP contribution in [0.4, 0.5) is 15.2 Å². The fraction of sp³-hybridized carbons (Fsp3) is 0.263. The maximum absolute atomic E-state index is 14.4. The van der Waals surface area contributed by atoms with Crippen LogP contribution in [0.25, 0.3) is 10.2 Å². The Morgan fingerprint density at radius 3 is 2.77 bits per heavy atom. The van der Waals surface area contributed by atoms with E-state index in [-0.39, 0.29) is 17.3 Å². The van der Waals surface area contributed by atoms with Crippen LogP contribution in [0, 0.1) is 5.82 Å². The van der Waals surface area contributed by atoms with E-state index in [0.29, 0.717) is 10.8 Å². The van der Waals surface area contributed by atoms with Crippen LogP contribution in [0.1, 0.15) is 23.2 Å². The quantitative estimate of drug-likeness (QED) is 0.743. The zero-order valence-electron chi connectivity index (χ0n) is 14.3. The second-order valence-corrected chi connectivity index (χ2v) is 7.20. The molecule has 5 nitrogen and oxygen atoms in total. The van der Waals surface area contributed by atoms with Crippen LogP contribution in [0.2, 0.25) is 0 Å². The van der Waals surface area contributed by atoms with E-state index < -0.39 is 0 Å². The summed E-state index contributed by atoms with van der Waals surface area (Å²) in [5.41, 5.74) is 1.62. The summed E-state index contributed by atoms with van der Waals surface area (Å²) < 4.78 is 20.5. The lowest BCUT2D eigenvalue weighted by atomic mass is 10.1. The van der Waals surface area contributed by atoms with Gasteiger partial charge in [0.15, 0.2) is 5.13 Å². The average molecular weight is 371 g/mol. The van der Waals surface area contributed by atoms with E-state index in [2.05, 4.69) is 10.3 Å². The maximum Gasteiger partial charge on any atom is 0.257 e. The maximum atomic E-state index is 14.4. The number of anilines is 2. The molecule has 134 valence electrons. The van der Waals surface area contributed by atoms with Gasteiger partial charge in [0.1, 0.15) is 11.6 Å². The van der Waals surface area contributed by atoms with E-state index in [9.17, 15) is 9.18 Å². The molecule has 4 rings (SSSR count). The van der Waals surface area contributed by atoms with Crippen molar-refractivity contribution in [3.05, 3.63) is 47.8 Å². The number of aromatic nitrogens is 1. The monoisotopic (exact) mass is 371 g/mol. The first-order valence-electron chi connectivity index (χ1n) is 8.44. The third kappa shape index (κ3) is 3.22. The van der Waals surface area contributed by atoms with Crippen molar-refractivity contribution in [1.29, 1.82) is 0 Å². The van der Waals surface area contributed by atoms with Crippen LogP contribution in [0.15, 0.2) is 36.4 Å². The van der Waals surface area contributed by atoms with Gasteiger partial charge in [-0.05, 0) is 49.2 Å². The van der Waals surface area contributed by atoms with Gasteiger partial charge in [0.25, 0.3) is 5.91 Å². The summed E-state index contributed by atoms with van der Waals surface area (Å²) in [6.45, 7) is 1.72. The number of nitrogens with zero attached hydrogens (tertiary/aromatic N) is 2. The summed E-state index contributed by atoms with van der Waals surface area (Å²) in [4.78, 5) is 18.8. The second-order valence-electron chi connectivity index (χ2n) is 6.17. The number of hydrogen-bond donors (Lipinski definition) is 1. The van der Waals surface area contributed by atoms with E-state index in [4.69, 9.17) is 4.74 Å². The molecule has 2 heterocycles. The molecule has 1 fully saturated rings. The minimum absolute atomic E-state index is 0.280. The van der Waals surface area contributed by atoms with Crippen molar-refractivity contribution in [2.45, 2.75) is 12.8 Å². The first-order chi connectivity index (χ1) is 12.6. The number of methoxy groups -OCH3 is 1. The van der Waals surface area contributed by atoms with Crippen molar-refractivity contribution >= 4 is 38.3 Å². The first kappa shape index (κ1) is 16.8. The summed E-state index contributed by atoms with van der Waals surface area (Å²) >= 11 is 1.35. The lowest BCUT2D eigenvalue weighted by molar-refractivity contribution is 0.102. The molecule has 0 atom stereocenters. The number of thiazole rings is 1. The summed E-state index contributed by atoms with van der Waals surface area (Å²) in [5, 5.41) is 3.22. The van der Waals surface area contributed by atoms with Crippen molar-refractivity contribution < 1.29 is 13.9 Å². The fourth-order valence-electron chi connectivity index (χ4n) is 3.12. The molecule has 1 aromatic heterocycles. The summed E-state index contributed by atoms with van der Waals surface area (Å²) in [6, 6.07) is 10.2. The zero-order chi connectivity index (χ0) is 18.1. The number of fused-ring (bicyclic) bond motifs is 1. The van der Waals surface area contributed by atoms with Gasteiger partial charge in [0, 0.05) is 18.7 Å². The van der Waals surface area contributed by atoms with Gasteiger partial charge < -0.3 is 9.64 Å². The largest absolute Gasteiger partial charge is 0.497 e. The topological polar surface area (TPSA) is 54.5 Å². The van der Waals surface area contributed by atoms with E-state index in [1.165, 1.54) is 17.4 Å². The number of carbonyl (C=O) groups excluding carboxylic acids is 1. The van der Waals surface area contributed by atoms with Gasteiger partial charge in [-0.3, -0.25) is 10.1 Å². The number of halogens is 1. The van der Waals surface area contributed by atoms with Gasteiger partial charge in [-0.15, -0.1) is 0 Å². The Kier molecular flexibility index (Phi) is 4.46. The molecule has 3 aromatic rings. The number of carbonyl (C=O) groups is 1. The first-order valence-corrected chi connectivity index (χ1v) is 9.26. The Labute approximate surface area is 154 Å². The minimum atomic E-state index is -0.372. The normalized spacial score (nSPS) is 14.0. The highest BCUT2D eigenvalue weighted by molar-refractivity contribution is 7.22. The van der Waals surface area contributed by atoms with Crippen molar-refractivity contribution in [1.82, 2.24) is 4.98 Å². The third-order valence-electron chi connectivity index (χ3n) is 4.47. The van der Waals surface area contributed by atoms with E-state index in [1.54, 1.807) is 19.2 Å². The van der Waals surface area contributed by atoms with E-state index in [1.807, 2.05) is 23.1 Å². The number of ether oxygens (including phenoxy) is 1. The molecular formula is C19H18FN3O2S. The molecule has 2 aromatic carbocycles. The molecule has 1 saturated heterocycles. The third-order valence-corrected chi connectivity index (χ3v) is 5.41. The highest BCUT2D eigenvalue weighted by Gasteiger charge is 2.18. The second kappa shape index (κ2) is 6.92. The molecule has 0 radical (unpaired) electrons. The van der Waals surface area contributed by atoms with E-state index in [0.717, 1.165) is 41.9 Å². The zero-order valence-corrected chi connectivity index (χ0v) is 15.1. The summed E-state index contributed by atoms with van der Waals surface area (Å²) in [6.07, 6.45) is 2.15.